The standard InChI is InChI=1S/C20H30NO4/c1-21-11-5-4-8-17(21)16(7-6-12-21)14-25-20(22)15-9-10-18(23-2)19(13-15)24-3/h9-10,13,16-17H,4-8,11-12,14H2,1-3H3/q+1/t16-,17-,21?/m0/s1. The second-order valence-electron chi connectivity index (χ2n) is 7.56. The zero-order valence-electron chi connectivity index (χ0n) is 15.6. The molecule has 1 aromatic carbocycles. The number of carbonyl (C=O) groups excluding carboxylic acids is 1. The topological polar surface area (TPSA) is 44.8 Å². The first kappa shape index (κ1) is 18.1. The molecule has 5 heteroatoms. The molecule has 0 radical (unpaired) electrons. The number of nitrogens with zero attached hydrogens (tertiary/aromatic N) is 1. The minimum atomic E-state index is -0.281. The molecule has 0 aliphatic carbocycles. The van der Waals surface area contributed by atoms with Crippen LogP contribution in [-0.2, 0) is 4.74 Å². The van der Waals surface area contributed by atoms with Gasteiger partial charge in [0.2, 0.25) is 0 Å². The summed E-state index contributed by atoms with van der Waals surface area (Å²) in [5.41, 5.74) is 0.509. The van der Waals surface area contributed by atoms with Crippen molar-refractivity contribution in [3.05, 3.63) is 23.8 Å². The van der Waals surface area contributed by atoms with Crippen LogP contribution < -0.4 is 9.47 Å². The molecule has 1 aromatic rings. The lowest BCUT2D eigenvalue weighted by atomic mass is 9.82. The van der Waals surface area contributed by atoms with Gasteiger partial charge in [0.25, 0.3) is 0 Å². The van der Waals surface area contributed by atoms with E-state index in [1.165, 1.54) is 43.3 Å². The van der Waals surface area contributed by atoms with Crippen molar-refractivity contribution < 1.29 is 23.5 Å². The van der Waals surface area contributed by atoms with E-state index < -0.39 is 0 Å². The van der Waals surface area contributed by atoms with Gasteiger partial charge in [-0.1, -0.05) is 0 Å². The highest BCUT2D eigenvalue weighted by Crippen LogP contribution is 2.36. The number of benzene rings is 1. The lowest BCUT2D eigenvalue weighted by molar-refractivity contribution is -0.947. The number of quaternary nitrogens is 1. The molecule has 3 atom stereocenters. The van der Waals surface area contributed by atoms with Gasteiger partial charge in [-0.3, -0.25) is 0 Å². The van der Waals surface area contributed by atoms with E-state index in [2.05, 4.69) is 7.05 Å². The Morgan fingerprint density at radius 2 is 1.84 bits per heavy atom. The smallest absolute Gasteiger partial charge is 0.338 e. The van der Waals surface area contributed by atoms with E-state index in [0.717, 1.165) is 6.42 Å². The van der Waals surface area contributed by atoms with E-state index in [-0.39, 0.29) is 5.97 Å². The molecule has 0 amide bonds. The average Bonchev–Trinajstić information content (AvgIpc) is 2.64. The summed E-state index contributed by atoms with van der Waals surface area (Å²) in [5.74, 6) is 1.35. The normalized spacial score (nSPS) is 28.8. The van der Waals surface area contributed by atoms with E-state index in [1.807, 2.05) is 0 Å². The Bertz CT molecular complexity index is 614. The summed E-state index contributed by atoms with van der Waals surface area (Å²) in [7, 11) is 5.53. The van der Waals surface area contributed by atoms with E-state index in [0.29, 0.717) is 35.6 Å². The van der Waals surface area contributed by atoms with Gasteiger partial charge in [0, 0.05) is 12.3 Å². The number of rotatable bonds is 5. The van der Waals surface area contributed by atoms with Crippen molar-refractivity contribution >= 4 is 5.97 Å². The molecule has 138 valence electrons. The SMILES string of the molecule is COc1ccc(C(=O)OC[C@@H]2CCC[N+]3(C)CCCC[C@@H]23)cc1OC. The molecule has 0 spiro atoms. The van der Waals surface area contributed by atoms with E-state index in [9.17, 15) is 4.79 Å². The molecule has 1 unspecified atom stereocenters. The molecule has 2 heterocycles. The summed E-state index contributed by atoms with van der Waals surface area (Å²) in [4.78, 5) is 12.5. The molecule has 0 bridgehead atoms. The molecule has 2 aliphatic heterocycles. The monoisotopic (exact) mass is 348 g/mol. The van der Waals surface area contributed by atoms with Crippen molar-refractivity contribution in [1.82, 2.24) is 0 Å². The van der Waals surface area contributed by atoms with Crippen molar-refractivity contribution in [1.29, 1.82) is 0 Å². The molecule has 5 nitrogen and oxygen atoms in total. The summed E-state index contributed by atoms with van der Waals surface area (Å²) in [6.45, 7) is 3.06. The molecule has 0 aromatic heterocycles. The van der Waals surface area contributed by atoms with Crippen LogP contribution in [0.3, 0.4) is 0 Å². The van der Waals surface area contributed by atoms with Crippen LogP contribution in [-0.4, -0.2) is 57.5 Å². The highest BCUT2D eigenvalue weighted by molar-refractivity contribution is 5.90. The van der Waals surface area contributed by atoms with Crippen molar-refractivity contribution in [2.24, 2.45) is 5.92 Å². The Labute approximate surface area is 150 Å². The summed E-state index contributed by atoms with van der Waals surface area (Å²) in [6.07, 6.45) is 6.28. The van der Waals surface area contributed by atoms with Crippen LogP contribution in [0.5, 0.6) is 11.5 Å². The number of carbonyl (C=O) groups is 1. The van der Waals surface area contributed by atoms with Crippen LogP contribution in [0.25, 0.3) is 0 Å². The number of hydrogen-bond donors (Lipinski definition) is 0. The van der Waals surface area contributed by atoms with Crippen molar-refractivity contribution in [3.8, 4) is 11.5 Å². The minimum Gasteiger partial charge on any atom is -0.493 e. The Kier molecular flexibility index (Phi) is 5.52. The second kappa shape index (κ2) is 7.65. The number of ether oxygens (including phenoxy) is 3. The van der Waals surface area contributed by atoms with Gasteiger partial charge in [0.05, 0.1) is 46.0 Å². The lowest BCUT2D eigenvalue weighted by Crippen LogP contribution is -2.61. The van der Waals surface area contributed by atoms with E-state index in [4.69, 9.17) is 14.2 Å². The molecule has 2 fully saturated rings. The van der Waals surface area contributed by atoms with Crippen LogP contribution in [0.2, 0.25) is 0 Å². The van der Waals surface area contributed by atoms with E-state index >= 15 is 0 Å². The predicted octanol–water partition coefficient (Wildman–Crippen LogP) is 3.27. The predicted molar refractivity (Wildman–Crippen MR) is 96.1 cm³/mol. The molecular formula is C20H30NO4+. The fourth-order valence-electron chi connectivity index (χ4n) is 4.66. The fourth-order valence-corrected chi connectivity index (χ4v) is 4.66. The first-order valence-corrected chi connectivity index (χ1v) is 9.31. The van der Waals surface area contributed by atoms with Gasteiger partial charge < -0.3 is 18.7 Å². The highest BCUT2D eigenvalue weighted by atomic mass is 16.5. The summed E-state index contributed by atoms with van der Waals surface area (Å²) in [5, 5.41) is 0. The van der Waals surface area contributed by atoms with Gasteiger partial charge in [-0.15, -0.1) is 0 Å². The van der Waals surface area contributed by atoms with Crippen molar-refractivity contribution in [2.75, 3.05) is 41.0 Å². The van der Waals surface area contributed by atoms with Gasteiger partial charge in [0.1, 0.15) is 6.61 Å². The van der Waals surface area contributed by atoms with Crippen LogP contribution in [0, 0.1) is 5.92 Å². The van der Waals surface area contributed by atoms with Crippen molar-refractivity contribution in [2.45, 2.75) is 38.1 Å². The van der Waals surface area contributed by atoms with Crippen LogP contribution in [0.1, 0.15) is 42.5 Å². The van der Waals surface area contributed by atoms with Gasteiger partial charge in [-0.05, 0) is 43.9 Å². The fraction of sp³-hybridized carbons (Fsp3) is 0.650. The summed E-state index contributed by atoms with van der Waals surface area (Å²) >= 11 is 0. The molecule has 2 aliphatic rings. The Morgan fingerprint density at radius 3 is 2.60 bits per heavy atom. The van der Waals surface area contributed by atoms with Crippen LogP contribution in [0.4, 0.5) is 0 Å². The maximum absolute atomic E-state index is 12.5. The number of esters is 1. The molecule has 0 N–H and O–H groups in total. The third kappa shape index (κ3) is 3.76. The largest absolute Gasteiger partial charge is 0.493 e. The quantitative estimate of drug-likeness (QED) is 0.605. The maximum atomic E-state index is 12.5. The summed E-state index contributed by atoms with van der Waals surface area (Å²) < 4.78 is 17.3. The van der Waals surface area contributed by atoms with Crippen LogP contribution >= 0.6 is 0 Å². The molecule has 0 saturated carbocycles. The Hall–Kier alpha value is -1.75. The maximum Gasteiger partial charge on any atom is 0.338 e. The van der Waals surface area contributed by atoms with Gasteiger partial charge in [0.15, 0.2) is 11.5 Å². The third-order valence-electron chi connectivity index (χ3n) is 6.06. The van der Waals surface area contributed by atoms with E-state index in [1.54, 1.807) is 32.4 Å². The first-order chi connectivity index (χ1) is 12.1. The number of piperidine rings is 2. The van der Waals surface area contributed by atoms with Crippen LogP contribution in [0.15, 0.2) is 18.2 Å². The molecular weight excluding hydrogens is 318 g/mol. The number of methoxy groups -OCH3 is 2. The van der Waals surface area contributed by atoms with Crippen molar-refractivity contribution in [3.63, 3.8) is 0 Å². The van der Waals surface area contributed by atoms with Gasteiger partial charge in [-0.2, -0.15) is 0 Å². The third-order valence-corrected chi connectivity index (χ3v) is 6.06. The second-order valence-corrected chi connectivity index (χ2v) is 7.56. The molecule has 25 heavy (non-hydrogen) atoms. The molecule has 2 saturated heterocycles. The summed E-state index contributed by atoms with van der Waals surface area (Å²) in [6, 6.07) is 5.79. The minimum absolute atomic E-state index is 0.281. The average molecular weight is 348 g/mol. The number of hydrogen-bond acceptors (Lipinski definition) is 4. The van der Waals surface area contributed by atoms with Gasteiger partial charge >= 0.3 is 5.97 Å². The highest BCUT2D eigenvalue weighted by Gasteiger charge is 2.43. The number of fused-ring (bicyclic) bond motifs is 1. The lowest BCUT2D eigenvalue weighted by Gasteiger charge is -2.51. The zero-order valence-corrected chi connectivity index (χ0v) is 15.6. The zero-order chi connectivity index (χ0) is 17.9. The Morgan fingerprint density at radius 1 is 1.08 bits per heavy atom. The molecule has 3 rings (SSSR count). The Balaban J connectivity index is 1.64. The van der Waals surface area contributed by atoms with Gasteiger partial charge in [-0.25, -0.2) is 4.79 Å². The first-order valence-electron chi connectivity index (χ1n) is 9.31.